The lowest BCUT2D eigenvalue weighted by molar-refractivity contribution is 0.501. The van der Waals surface area contributed by atoms with Crippen molar-refractivity contribution in [1.82, 2.24) is 0 Å². The Labute approximate surface area is 78.7 Å². The second-order valence-corrected chi connectivity index (χ2v) is 3.71. The summed E-state index contributed by atoms with van der Waals surface area (Å²) in [5, 5.41) is 0. The fourth-order valence-corrected chi connectivity index (χ4v) is 1.77. The summed E-state index contributed by atoms with van der Waals surface area (Å²) in [4.78, 5) is 0. The Morgan fingerprint density at radius 2 is 1.83 bits per heavy atom. The van der Waals surface area contributed by atoms with Gasteiger partial charge in [0.25, 0.3) is 0 Å². The van der Waals surface area contributed by atoms with Crippen molar-refractivity contribution in [3.8, 4) is 0 Å². The standard InChI is InChI=1S/C9H9BrF2/c1-5(2)6-3-4-7(11)9(12)8(6)10/h3-5H,1-2H3. The summed E-state index contributed by atoms with van der Waals surface area (Å²) in [6.45, 7) is 3.86. The minimum atomic E-state index is -0.814. The van der Waals surface area contributed by atoms with Crippen LogP contribution in [0.15, 0.2) is 16.6 Å². The Morgan fingerprint density at radius 3 is 2.33 bits per heavy atom. The third-order valence-corrected chi connectivity index (χ3v) is 2.49. The Bertz CT molecular complexity index is 295. The maximum absolute atomic E-state index is 12.9. The first-order valence-electron chi connectivity index (χ1n) is 3.67. The van der Waals surface area contributed by atoms with Gasteiger partial charge in [-0.2, -0.15) is 0 Å². The van der Waals surface area contributed by atoms with E-state index >= 15 is 0 Å². The zero-order valence-corrected chi connectivity index (χ0v) is 8.45. The molecule has 0 fully saturated rings. The Morgan fingerprint density at radius 1 is 1.25 bits per heavy atom. The second-order valence-electron chi connectivity index (χ2n) is 2.92. The van der Waals surface area contributed by atoms with Gasteiger partial charge in [0.1, 0.15) is 0 Å². The molecule has 1 aromatic carbocycles. The van der Waals surface area contributed by atoms with Gasteiger partial charge >= 0.3 is 0 Å². The SMILES string of the molecule is CC(C)c1ccc(F)c(F)c1Br. The van der Waals surface area contributed by atoms with Crippen molar-refractivity contribution in [1.29, 1.82) is 0 Å². The Hall–Kier alpha value is -0.440. The van der Waals surface area contributed by atoms with Crippen LogP contribution in [0.5, 0.6) is 0 Å². The summed E-state index contributed by atoms with van der Waals surface area (Å²) in [6, 6.07) is 2.74. The third-order valence-electron chi connectivity index (χ3n) is 1.69. The first-order valence-corrected chi connectivity index (χ1v) is 4.46. The predicted molar refractivity (Wildman–Crippen MR) is 48.1 cm³/mol. The van der Waals surface area contributed by atoms with E-state index in [4.69, 9.17) is 0 Å². The van der Waals surface area contributed by atoms with Gasteiger partial charge in [0.15, 0.2) is 11.6 Å². The van der Waals surface area contributed by atoms with E-state index in [2.05, 4.69) is 15.9 Å². The normalized spacial score (nSPS) is 10.8. The van der Waals surface area contributed by atoms with Crippen molar-refractivity contribution in [2.75, 3.05) is 0 Å². The topological polar surface area (TPSA) is 0 Å². The van der Waals surface area contributed by atoms with Crippen molar-refractivity contribution in [3.63, 3.8) is 0 Å². The molecule has 3 heteroatoms. The van der Waals surface area contributed by atoms with Crippen molar-refractivity contribution in [3.05, 3.63) is 33.8 Å². The first kappa shape index (κ1) is 9.65. The van der Waals surface area contributed by atoms with Crippen LogP contribution in [0, 0.1) is 11.6 Å². The summed E-state index contributed by atoms with van der Waals surface area (Å²) in [5.41, 5.74) is 0.786. The lowest BCUT2D eigenvalue weighted by Crippen LogP contribution is -1.94. The van der Waals surface area contributed by atoms with Crippen LogP contribution in [0.3, 0.4) is 0 Å². The summed E-state index contributed by atoms with van der Waals surface area (Å²) in [7, 11) is 0. The monoisotopic (exact) mass is 234 g/mol. The molecule has 0 aliphatic rings. The zero-order valence-electron chi connectivity index (χ0n) is 6.87. The summed E-state index contributed by atoms with van der Waals surface area (Å²) >= 11 is 3.02. The van der Waals surface area contributed by atoms with E-state index < -0.39 is 11.6 Å². The molecule has 1 aromatic rings. The number of hydrogen-bond acceptors (Lipinski definition) is 0. The highest BCUT2D eigenvalue weighted by Gasteiger charge is 2.12. The van der Waals surface area contributed by atoms with Crippen LogP contribution in [-0.4, -0.2) is 0 Å². The third kappa shape index (κ3) is 1.66. The largest absolute Gasteiger partial charge is 0.204 e. The molecule has 0 radical (unpaired) electrons. The van der Waals surface area contributed by atoms with Crippen LogP contribution in [0.1, 0.15) is 25.3 Å². The van der Waals surface area contributed by atoms with Crippen molar-refractivity contribution in [2.24, 2.45) is 0 Å². The highest BCUT2D eigenvalue weighted by Crippen LogP contribution is 2.28. The highest BCUT2D eigenvalue weighted by atomic mass is 79.9. The van der Waals surface area contributed by atoms with Crippen molar-refractivity contribution < 1.29 is 8.78 Å². The fourth-order valence-electron chi connectivity index (χ4n) is 0.987. The van der Waals surface area contributed by atoms with E-state index in [1.165, 1.54) is 0 Å². The fraction of sp³-hybridized carbons (Fsp3) is 0.333. The predicted octanol–water partition coefficient (Wildman–Crippen LogP) is 3.85. The average molecular weight is 235 g/mol. The molecule has 0 heterocycles. The smallest absolute Gasteiger partial charge is 0.173 e. The molecular weight excluding hydrogens is 226 g/mol. The molecule has 0 amide bonds. The maximum Gasteiger partial charge on any atom is 0.173 e. The minimum Gasteiger partial charge on any atom is -0.204 e. The van der Waals surface area contributed by atoms with Crippen molar-refractivity contribution >= 4 is 15.9 Å². The molecule has 0 bridgehead atoms. The number of hydrogen-bond donors (Lipinski definition) is 0. The van der Waals surface area contributed by atoms with Gasteiger partial charge in [-0.05, 0) is 33.5 Å². The van der Waals surface area contributed by atoms with Gasteiger partial charge in [0.05, 0.1) is 4.47 Å². The van der Waals surface area contributed by atoms with Gasteiger partial charge in [-0.15, -0.1) is 0 Å². The summed E-state index contributed by atoms with van der Waals surface area (Å²) in [6.07, 6.45) is 0. The van der Waals surface area contributed by atoms with E-state index in [-0.39, 0.29) is 10.4 Å². The number of halogens is 3. The zero-order chi connectivity index (χ0) is 9.30. The van der Waals surface area contributed by atoms with Gasteiger partial charge in [0, 0.05) is 0 Å². The van der Waals surface area contributed by atoms with Crippen LogP contribution in [0.4, 0.5) is 8.78 Å². The van der Waals surface area contributed by atoms with E-state index in [9.17, 15) is 8.78 Å². The Balaban J connectivity index is 3.27. The molecule has 0 atom stereocenters. The average Bonchev–Trinajstić information content (AvgIpc) is 2.00. The van der Waals surface area contributed by atoms with Crippen LogP contribution in [0.25, 0.3) is 0 Å². The van der Waals surface area contributed by atoms with Crippen LogP contribution in [0.2, 0.25) is 0 Å². The van der Waals surface area contributed by atoms with E-state index in [0.29, 0.717) is 0 Å². The van der Waals surface area contributed by atoms with Gasteiger partial charge < -0.3 is 0 Å². The molecule has 12 heavy (non-hydrogen) atoms. The molecule has 0 saturated carbocycles. The van der Waals surface area contributed by atoms with Gasteiger partial charge in [0.2, 0.25) is 0 Å². The van der Waals surface area contributed by atoms with Crippen LogP contribution < -0.4 is 0 Å². The summed E-state index contributed by atoms with van der Waals surface area (Å²) < 4.78 is 25.8. The van der Waals surface area contributed by atoms with Crippen LogP contribution in [-0.2, 0) is 0 Å². The van der Waals surface area contributed by atoms with Gasteiger partial charge in [-0.25, -0.2) is 8.78 Å². The molecular formula is C9H9BrF2. The molecule has 0 aliphatic carbocycles. The number of rotatable bonds is 1. The molecule has 0 nitrogen and oxygen atoms in total. The molecule has 0 unspecified atom stereocenters. The molecule has 0 spiro atoms. The highest BCUT2D eigenvalue weighted by molar-refractivity contribution is 9.10. The maximum atomic E-state index is 12.9. The van der Waals surface area contributed by atoms with E-state index in [1.54, 1.807) is 6.07 Å². The molecule has 1 rings (SSSR count). The molecule has 66 valence electrons. The van der Waals surface area contributed by atoms with E-state index in [0.717, 1.165) is 11.6 Å². The lowest BCUT2D eigenvalue weighted by atomic mass is 10.0. The summed E-state index contributed by atoms with van der Waals surface area (Å²) in [5.74, 6) is -1.43. The molecule has 0 aromatic heterocycles. The van der Waals surface area contributed by atoms with Gasteiger partial charge in [-0.3, -0.25) is 0 Å². The number of benzene rings is 1. The first-order chi connectivity index (χ1) is 5.54. The minimum absolute atomic E-state index is 0.189. The van der Waals surface area contributed by atoms with Gasteiger partial charge in [-0.1, -0.05) is 19.9 Å². The molecule has 0 saturated heterocycles. The molecule has 0 aliphatic heterocycles. The van der Waals surface area contributed by atoms with E-state index in [1.807, 2.05) is 13.8 Å². The molecule has 0 N–H and O–H groups in total. The second kappa shape index (κ2) is 3.52. The van der Waals surface area contributed by atoms with Crippen LogP contribution >= 0.6 is 15.9 Å². The lowest BCUT2D eigenvalue weighted by Gasteiger charge is -2.08. The van der Waals surface area contributed by atoms with Crippen molar-refractivity contribution in [2.45, 2.75) is 19.8 Å². The quantitative estimate of drug-likeness (QED) is 0.648. The Kier molecular flexibility index (Phi) is 2.83.